The summed E-state index contributed by atoms with van der Waals surface area (Å²) < 4.78 is 1.46. The molecule has 2 aromatic carbocycles. The van der Waals surface area contributed by atoms with Crippen molar-refractivity contribution in [3.8, 4) is 11.1 Å². The van der Waals surface area contributed by atoms with E-state index in [1.807, 2.05) is 0 Å². The molecule has 0 heterocycles. The largest absolute Gasteiger partial charge is 0.0924 e. The van der Waals surface area contributed by atoms with E-state index >= 15 is 0 Å². The summed E-state index contributed by atoms with van der Waals surface area (Å²) in [5.41, 5.74) is 2.68. The number of hydrogen-bond acceptors (Lipinski definition) is 0. The molecule has 17 heavy (non-hydrogen) atoms. The van der Waals surface area contributed by atoms with Crippen LogP contribution in [0.2, 0.25) is 0 Å². The van der Waals surface area contributed by atoms with E-state index in [0.29, 0.717) is 0 Å². The minimum absolute atomic E-state index is 0.867. The predicted molar refractivity (Wildman–Crippen MR) is 92.3 cm³/mol. The van der Waals surface area contributed by atoms with Crippen LogP contribution >= 0.6 is 39.8 Å². The lowest BCUT2D eigenvalue weighted by molar-refractivity contribution is 1.65. The summed E-state index contributed by atoms with van der Waals surface area (Å²) >= 11 is 2.49. The molecule has 3 heteroatoms. The molecule has 0 aromatic heterocycles. The van der Waals surface area contributed by atoms with E-state index in [2.05, 4.69) is 78.4 Å². The van der Waals surface area contributed by atoms with Gasteiger partial charge < -0.3 is 0 Å². The van der Waals surface area contributed by atoms with E-state index < -0.39 is 0 Å². The van der Waals surface area contributed by atoms with Crippen LogP contribution < -0.4 is 10.6 Å². The van der Waals surface area contributed by atoms with E-state index in [1.54, 1.807) is 0 Å². The summed E-state index contributed by atoms with van der Waals surface area (Å²) in [6.07, 6.45) is 0. The first-order valence-electron chi connectivity index (χ1n) is 5.50. The third-order valence-electron chi connectivity index (χ3n) is 2.72. The Hall–Kier alpha value is 0.0300. The highest BCUT2D eigenvalue weighted by Crippen LogP contribution is 2.24. The Kier molecular flexibility index (Phi) is 4.97. The molecule has 0 nitrogen and oxygen atoms in total. The molecule has 0 fully saturated rings. The van der Waals surface area contributed by atoms with Gasteiger partial charge in [0.2, 0.25) is 0 Å². The molecule has 0 aliphatic rings. The average molecular weight is 372 g/mol. The molecular weight excluding hydrogens is 357 g/mol. The van der Waals surface area contributed by atoms with Crippen molar-refractivity contribution >= 4 is 50.4 Å². The van der Waals surface area contributed by atoms with E-state index in [4.69, 9.17) is 0 Å². The Bertz CT molecular complexity index is 484. The van der Waals surface area contributed by atoms with E-state index in [-0.39, 0.29) is 0 Å². The van der Waals surface area contributed by atoms with Gasteiger partial charge in [0, 0.05) is 3.57 Å². The van der Waals surface area contributed by atoms with Gasteiger partial charge in [-0.1, -0.05) is 47.5 Å². The Morgan fingerprint density at radius 2 is 1.35 bits per heavy atom. The second-order valence-corrected chi connectivity index (χ2v) is 6.91. The van der Waals surface area contributed by atoms with Crippen LogP contribution in [-0.2, 0) is 0 Å². The molecule has 0 aliphatic carbocycles. The lowest BCUT2D eigenvalue weighted by Gasteiger charge is -2.11. The van der Waals surface area contributed by atoms with Gasteiger partial charge in [-0.05, 0) is 69.8 Å². The second kappa shape index (κ2) is 6.27. The zero-order chi connectivity index (χ0) is 12.3. The molecule has 2 unspecified atom stereocenters. The van der Waals surface area contributed by atoms with Crippen molar-refractivity contribution < 1.29 is 0 Å². The van der Waals surface area contributed by atoms with Gasteiger partial charge in [-0.15, -0.1) is 0 Å². The van der Waals surface area contributed by atoms with Crippen LogP contribution in [0.25, 0.3) is 11.1 Å². The van der Waals surface area contributed by atoms with Crippen molar-refractivity contribution in [1.82, 2.24) is 0 Å². The van der Waals surface area contributed by atoms with Gasteiger partial charge in [-0.25, -0.2) is 0 Å². The van der Waals surface area contributed by atoms with Crippen molar-refractivity contribution in [3.63, 3.8) is 0 Å². The molecule has 0 saturated carbocycles. The fourth-order valence-corrected chi connectivity index (χ4v) is 5.15. The molecule has 88 valence electrons. The van der Waals surface area contributed by atoms with Crippen LogP contribution in [0.4, 0.5) is 0 Å². The molecule has 0 N–H and O–H groups in total. The third-order valence-corrected chi connectivity index (χ3v) is 6.76. The Morgan fingerprint density at radius 1 is 0.824 bits per heavy atom. The van der Waals surface area contributed by atoms with E-state index in [9.17, 15) is 0 Å². The average Bonchev–Trinajstić information content (AvgIpc) is 2.40. The van der Waals surface area contributed by atoms with Crippen LogP contribution in [0.3, 0.4) is 0 Å². The first-order valence-corrected chi connectivity index (χ1v) is 9.58. The summed E-state index contributed by atoms with van der Waals surface area (Å²) in [5.74, 6) is 0. The van der Waals surface area contributed by atoms with Crippen molar-refractivity contribution in [3.05, 3.63) is 46.0 Å². The van der Waals surface area contributed by atoms with Crippen LogP contribution in [0.15, 0.2) is 42.5 Å². The molecule has 0 saturated heterocycles. The Labute approximate surface area is 120 Å². The Morgan fingerprint density at radius 3 is 1.82 bits per heavy atom. The Balaban J connectivity index is 2.56. The maximum absolute atomic E-state index is 2.49. The maximum atomic E-state index is 2.49. The highest BCUT2D eigenvalue weighted by molar-refractivity contribution is 14.1. The number of hydrogen-bond donors (Lipinski definition) is 0. The van der Waals surface area contributed by atoms with Gasteiger partial charge in [0.1, 0.15) is 0 Å². The summed E-state index contributed by atoms with van der Waals surface area (Å²) in [4.78, 5) is 0. The normalized spacial score (nSPS) is 11.9. The SMILES string of the molecule is CPc1cc(-c2ccccc2)cc(PC)c1I. The first-order chi connectivity index (χ1) is 8.26. The van der Waals surface area contributed by atoms with Crippen LogP contribution in [-0.4, -0.2) is 13.3 Å². The predicted octanol–water partition coefficient (Wildman–Crippen LogP) is 3.83. The van der Waals surface area contributed by atoms with Crippen LogP contribution in [0.5, 0.6) is 0 Å². The molecule has 0 spiro atoms. The summed E-state index contributed by atoms with van der Waals surface area (Å²) in [6, 6.07) is 15.4. The van der Waals surface area contributed by atoms with Gasteiger partial charge in [0.25, 0.3) is 0 Å². The van der Waals surface area contributed by atoms with Crippen LogP contribution in [0, 0.1) is 3.57 Å². The van der Waals surface area contributed by atoms with Crippen molar-refractivity contribution in [2.75, 3.05) is 13.3 Å². The van der Waals surface area contributed by atoms with Gasteiger partial charge in [0.05, 0.1) is 0 Å². The highest BCUT2D eigenvalue weighted by atomic mass is 127. The topological polar surface area (TPSA) is 0 Å². The monoisotopic (exact) mass is 372 g/mol. The standard InChI is InChI=1S/C14H15IP2/c1-16-12-8-11(9-13(17-2)14(12)15)10-6-4-3-5-7-10/h3-9,16-17H,1-2H3. The molecule has 0 radical (unpaired) electrons. The number of rotatable bonds is 3. The van der Waals surface area contributed by atoms with Gasteiger partial charge in [0.15, 0.2) is 0 Å². The van der Waals surface area contributed by atoms with Crippen molar-refractivity contribution in [1.29, 1.82) is 0 Å². The number of halogens is 1. The second-order valence-electron chi connectivity index (χ2n) is 3.75. The quantitative estimate of drug-likeness (QED) is 0.568. The van der Waals surface area contributed by atoms with Crippen molar-refractivity contribution in [2.24, 2.45) is 0 Å². The van der Waals surface area contributed by atoms with Gasteiger partial charge in [-0.2, -0.15) is 0 Å². The summed E-state index contributed by atoms with van der Waals surface area (Å²) in [6.45, 7) is 4.52. The minimum atomic E-state index is 0.867. The van der Waals surface area contributed by atoms with Gasteiger partial charge in [-0.3, -0.25) is 0 Å². The lowest BCUT2D eigenvalue weighted by Crippen LogP contribution is -2.12. The molecule has 0 bridgehead atoms. The first kappa shape index (κ1) is 13.5. The zero-order valence-electron chi connectivity index (χ0n) is 9.92. The summed E-state index contributed by atoms with van der Waals surface area (Å²) in [5, 5.41) is 2.99. The molecule has 0 amide bonds. The smallest absolute Gasteiger partial charge is 0.0278 e. The molecule has 2 atom stereocenters. The zero-order valence-corrected chi connectivity index (χ0v) is 14.1. The fraction of sp³-hybridized carbons (Fsp3) is 0.143. The minimum Gasteiger partial charge on any atom is -0.0924 e. The molecular formula is C14H15IP2. The fourth-order valence-electron chi connectivity index (χ4n) is 1.79. The molecule has 0 aliphatic heterocycles. The maximum Gasteiger partial charge on any atom is 0.0278 e. The third kappa shape index (κ3) is 3.08. The highest BCUT2D eigenvalue weighted by Gasteiger charge is 2.07. The molecule has 2 aromatic rings. The van der Waals surface area contributed by atoms with Crippen LogP contribution in [0.1, 0.15) is 0 Å². The van der Waals surface area contributed by atoms with Gasteiger partial charge >= 0.3 is 0 Å². The summed E-state index contributed by atoms with van der Waals surface area (Å²) in [7, 11) is 1.73. The van der Waals surface area contributed by atoms with Crippen molar-refractivity contribution in [2.45, 2.75) is 0 Å². The number of benzene rings is 2. The molecule has 2 rings (SSSR count). The van der Waals surface area contributed by atoms with E-state index in [1.165, 1.54) is 25.3 Å². The van der Waals surface area contributed by atoms with E-state index in [0.717, 1.165) is 17.2 Å². The lowest BCUT2D eigenvalue weighted by atomic mass is 10.1.